The summed E-state index contributed by atoms with van der Waals surface area (Å²) in [5.41, 5.74) is 0.705. The second kappa shape index (κ2) is 10.6. The molecule has 0 saturated carbocycles. The van der Waals surface area contributed by atoms with Crippen LogP contribution in [0.25, 0.3) is 0 Å². The van der Waals surface area contributed by atoms with Crippen LogP contribution in [0.4, 0.5) is 0 Å². The molecule has 0 radical (unpaired) electrons. The molecule has 3 heteroatoms. The van der Waals surface area contributed by atoms with Crippen LogP contribution < -0.4 is 0 Å². The first-order valence-corrected chi connectivity index (χ1v) is 8.14. The number of unbranched alkanes of at least 4 members (excludes halogenated alkanes) is 2. The fourth-order valence-corrected chi connectivity index (χ4v) is 4.03. The second-order valence-electron chi connectivity index (χ2n) is 3.94. The van der Waals surface area contributed by atoms with Gasteiger partial charge in [-0.3, -0.25) is 0 Å². The van der Waals surface area contributed by atoms with Crippen molar-refractivity contribution in [3.8, 4) is 0 Å². The lowest BCUT2D eigenvalue weighted by molar-refractivity contribution is 0.200. The summed E-state index contributed by atoms with van der Waals surface area (Å²) in [5, 5.41) is 0. The van der Waals surface area contributed by atoms with Crippen molar-refractivity contribution in [1.82, 2.24) is 0 Å². The summed E-state index contributed by atoms with van der Waals surface area (Å²) in [7, 11) is -1.39. The normalized spacial score (nSPS) is 13.4. The quantitative estimate of drug-likeness (QED) is 0.423. The topological polar surface area (TPSA) is 18.5 Å². The Kier molecular flexibility index (Phi) is 10.7. The van der Waals surface area contributed by atoms with E-state index in [0.29, 0.717) is 5.54 Å². The maximum atomic E-state index is 5.78. The Hall–Kier alpha value is 0.137. The molecule has 0 aromatic heterocycles. The van der Waals surface area contributed by atoms with Crippen LogP contribution in [0.2, 0.25) is 5.54 Å². The standard InChI is InChI=1S/C12H28O2Si/c1-5-9-10-11-12(6-2)15(13-7-3)14-8-4/h12,15H,5-11H2,1-4H3. The van der Waals surface area contributed by atoms with Crippen LogP contribution in [0.1, 0.15) is 59.8 Å². The van der Waals surface area contributed by atoms with E-state index in [0.717, 1.165) is 13.2 Å². The van der Waals surface area contributed by atoms with Crippen molar-refractivity contribution in [2.75, 3.05) is 13.2 Å². The molecule has 92 valence electrons. The zero-order chi connectivity index (χ0) is 11.5. The third-order valence-electron chi connectivity index (χ3n) is 2.75. The molecular formula is C12H28O2Si. The van der Waals surface area contributed by atoms with Gasteiger partial charge in [-0.05, 0) is 25.8 Å². The van der Waals surface area contributed by atoms with Crippen LogP contribution in [0.15, 0.2) is 0 Å². The maximum Gasteiger partial charge on any atom is 0.324 e. The van der Waals surface area contributed by atoms with E-state index in [9.17, 15) is 0 Å². The highest BCUT2D eigenvalue weighted by molar-refractivity contribution is 6.46. The highest BCUT2D eigenvalue weighted by Crippen LogP contribution is 2.24. The third-order valence-corrected chi connectivity index (χ3v) is 5.65. The Morgan fingerprint density at radius 2 is 1.53 bits per heavy atom. The molecule has 0 N–H and O–H groups in total. The minimum atomic E-state index is -1.39. The van der Waals surface area contributed by atoms with E-state index in [-0.39, 0.29) is 0 Å². The average molecular weight is 232 g/mol. The predicted octanol–water partition coefficient (Wildman–Crippen LogP) is 3.64. The molecule has 0 rings (SSSR count). The van der Waals surface area contributed by atoms with Gasteiger partial charge in [-0.15, -0.1) is 0 Å². The van der Waals surface area contributed by atoms with Gasteiger partial charge in [-0.1, -0.05) is 39.5 Å². The Morgan fingerprint density at radius 1 is 0.933 bits per heavy atom. The Morgan fingerprint density at radius 3 is 1.93 bits per heavy atom. The van der Waals surface area contributed by atoms with Gasteiger partial charge in [0, 0.05) is 13.2 Å². The molecule has 0 aromatic carbocycles. The van der Waals surface area contributed by atoms with Crippen molar-refractivity contribution in [2.24, 2.45) is 0 Å². The van der Waals surface area contributed by atoms with E-state index in [4.69, 9.17) is 8.85 Å². The molecular weight excluding hydrogens is 204 g/mol. The van der Waals surface area contributed by atoms with Gasteiger partial charge in [0.2, 0.25) is 0 Å². The predicted molar refractivity (Wildman–Crippen MR) is 68.6 cm³/mol. The van der Waals surface area contributed by atoms with Crippen LogP contribution in [0, 0.1) is 0 Å². The lowest BCUT2D eigenvalue weighted by Crippen LogP contribution is -2.29. The van der Waals surface area contributed by atoms with Gasteiger partial charge in [0.15, 0.2) is 0 Å². The number of hydrogen-bond acceptors (Lipinski definition) is 2. The van der Waals surface area contributed by atoms with Crippen molar-refractivity contribution < 1.29 is 8.85 Å². The second-order valence-corrected chi connectivity index (χ2v) is 6.29. The lowest BCUT2D eigenvalue weighted by atomic mass is 10.1. The van der Waals surface area contributed by atoms with Gasteiger partial charge in [0.1, 0.15) is 0 Å². The first-order chi connectivity index (χ1) is 7.29. The average Bonchev–Trinajstić information content (AvgIpc) is 2.24. The van der Waals surface area contributed by atoms with Crippen LogP contribution in [-0.4, -0.2) is 22.5 Å². The zero-order valence-corrected chi connectivity index (χ0v) is 12.1. The molecule has 0 amide bonds. The van der Waals surface area contributed by atoms with E-state index < -0.39 is 9.28 Å². The summed E-state index contributed by atoms with van der Waals surface area (Å²) in [6.07, 6.45) is 6.47. The fourth-order valence-electron chi connectivity index (χ4n) is 1.84. The smallest absolute Gasteiger partial charge is 0.324 e. The molecule has 0 heterocycles. The Balaban J connectivity index is 3.93. The molecule has 0 spiro atoms. The van der Waals surface area contributed by atoms with Crippen molar-refractivity contribution >= 4 is 9.28 Å². The minimum absolute atomic E-state index is 0.705. The van der Waals surface area contributed by atoms with Gasteiger partial charge >= 0.3 is 9.28 Å². The van der Waals surface area contributed by atoms with E-state index in [2.05, 4.69) is 27.7 Å². The molecule has 0 aromatic rings. The van der Waals surface area contributed by atoms with Crippen LogP contribution in [0.5, 0.6) is 0 Å². The monoisotopic (exact) mass is 232 g/mol. The molecule has 0 fully saturated rings. The maximum absolute atomic E-state index is 5.78. The molecule has 1 unspecified atom stereocenters. The largest absolute Gasteiger partial charge is 0.397 e. The van der Waals surface area contributed by atoms with E-state index in [1.54, 1.807) is 0 Å². The summed E-state index contributed by atoms with van der Waals surface area (Å²) < 4.78 is 11.6. The molecule has 0 aliphatic rings. The first kappa shape index (κ1) is 15.1. The summed E-state index contributed by atoms with van der Waals surface area (Å²) in [6.45, 7) is 10.3. The molecule has 2 nitrogen and oxygen atoms in total. The van der Waals surface area contributed by atoms with Gasteiger partial charge in [-0.25, -0.2) is 0 Å². The summed E-state index contributed by atoms with van der Waals surface area (Å²) in [5.74, 6) is 0. The van der Waals surface area contributed by atoms with E-state index >= 15 is 0 Å². The SMILES string of the molecule is CCCCCC(CC)[SiH](OCC)OCC. The molecule has 15 heavy (non-hydrogen) atoms. The van der Waals surface area contributed by atoms with E-state index in [1.165, 1.54) is 32.1 Å². The number of hydrogen-bond donors (Lipinski definition) is 0. The summed E-state index contributed by atoms with van der Waals surface area (Å²) in [4.78, 5) is 0. The van der Waals surface area contributed by atoms with Gasteiger partial charge in [0.25, 0.3) is 0 Å². The van der Waals surface area contributed by atoms with Crippen LogP contribution in [-0.2, 0) is 8.85 Å². The molecule has 0 saturated heterocycles. The van der Waals surface area contributed by atoms with Gasteiger partial charge in [0.05, 0.1) is 0 Å². The minimum Gasteiger partial charge on any atom is -0.397 e. The fraction of sp³-hybridized carbons (Fsp3) is 1.00. The highest BCUT2D eigenvalue weighted by Gasteiger charge is 2.23. The zero-order valence-electron chi connectivity index (χ0n) is 10.9. The van der Waals surface area contributed by atoms with Crippen LogP contribution in [0.3, 0.4) is 0 Å². The van der Waals surface area contributed by atoms with Crippen molar-refractivity contribution in [2.45, 2.75) is 65.3 Å². The van der Waals surface area contributed by atoms with Gasteiger partial charge in [-0.2, -0.15) is 0 Å². The number of rotatable bonds is 10. The van der Waals surface area contributed by atoms with E-state index in [1.807, 2.05) is 0 Å². The molecule has 0 aliphatic carbocycles. The summed E-state index contributed by atoms with van der Waals surface area (Å²) in [6, 6.07) is 0. The Labute approximate surface area is 97.2 Å². The van der Waals surface area contributed by atoms with Crippen LogP contribution >= 0.6 is 0 Å². The molecule has 0 aliphatic heterocycles. The van der Waals surface area contributed by atoms with Crippen molar-refractivity contribution in [3.63, 3.8) is 0 Å². The lowest BCUT2D eigenvalue weighted by Gasteiger charge is -2.23. The van der Waals surface area contributed by atoms with Crippen molar-refractivity contribution in [3.05, 3.63) is 0 Å². The Bertz CT molecular complexity index is 125. The summed E-state index contributed by atoms with van der Waals surface area (Å²) >= 11 is 0. The third kappa shape index (κ3) is 7.09. The van der Waals surface area contributed by atoms with Gasteiger partial charge < -0.3 is 8.85 Å². The first-order valence-electron chi connectivity index (χ1n) is 6.53. The van der Waals surface area contributed by atoms with Crippen molar-refractivity contribution in [1.29, 1.82) is 0 Å². The highest BCUT2D eigenvalue weighted by atomic mass is 28.3. The molecule has 0 bridgehead atoms. The molecule has 1 atom stereocenters.